The Bertz CT molecular complexity index is 1550. The zero-order valence-electron chi connectivity index (χ0n) is 18.7. The lowest BCUT2D eigenvalue weighted by Gasteiger charge is -2.13. The van der Waals surface area contributed by atoms with Crippen LogP contribution in [0.5, 0.6) is 11.5 Å². The van der Waals surface area contributed by atoms with Crippen LogP contribution in [0.15, 0.2) is 82.7 Å². The fraction of sp³-hybridized carbons (Fsp3) is 0.160. The van der Waals surface area contributed by atoms with E-state index in [1.165, 1.54) is 40.6 Å². The van der Waals surface area contributed by atoms with Crippen LogP contribution in [0.25, 0.3) is 22.4 Å². The Morgan fingerprint density at radius 2 is 1.83 bits per heavy atom. The van der Waals surface area contributed by atoms with Crippen molar-refractivity contribution in [2.45, 2.75) is 11.3 Å². The zero-order chi connectivity index (χ0) is 24.4. The van der Waals surface area contributed by atoms with Gasteiger partial charge in [0.05, 0.1) is 29.8 Å². The van der Waals surface area contributed by atoms with Crippen LogP contribution in [0.3, 0.4) is 0 Å². The lowest BCUT2D eigenvalue weighted by Crippen LogP contribution is -2.22. The number of aromatic nitrogens is 4. The van der Waals surface area contributed by atoms with Gasteiger partial charge in [-0.1, -0.05) is 30.0 Å². The minimum Gasteiger partial charge on any atom is -0.497 e. The molecule has 0 saturated heterocycles. The molecule has 8 nitrogen and oxygen atoms in total. The van der Waals surface area contributed by atoms with E-state index in [1.54, 1.807) is 47.9 Å². The Morgan fingerprint density at radius 1 is 1.03 bits per heavy atom. The number of aliphatic hydroxyl groups excluding tert-OH is 1. The van der Waals surface area contributed by atoms with Crippen LogP contribution in [0.1, 0.15) is 0 Å². The normalized spacial score (nSPS) is 12.2. The van der Waals surface area contributed by atoms with E-state index in [4.69, 9.17) is 9.47 Å². The van der Waals surface area contributed by atoms with E-state index in [0.29, 0.717) is 39.0 Å². The molecule has 2 heterocycles. The standard InChI is InChI=1S/C25H21FN4O4S/c1-33-20-6-4-5-17(13-20)29-23(32)21-7-2-3-8-22(21)30-24(29)27-28-25(30)35-15-18(31)14-34-19-11-9-16(26)10-12-19/h2-13,18,31H,14-15H2,1H3/t18-/m0/s1. The molecule has 5 aromatic rings. The Hall–Kier alpha value is -3.89. The second kappa shape index (κ2) is 9.77. The van der Waals surface area contributed by atoms with Gasteiger partial charge in [-0.3, -0.25) is 9.20 Å². The fourth-order valence-corrected chi connectivity index (χ4v) is 4.54. The first kappa shape index (κ1) is 22.9. The van der Waals surface area contributed by atoms with Crippen LogP contribution < -0.4 is 15.0 Å². The number of hydrogen-bond acceptors (Lipinski definition) is 7. The Morgan fingerprint density at radius 3 is 2.63 bits per heavy atom. The van der Waals surface area contributed by atoms with Crippen LogP contribution in [0, 0.1) is 5.82 Å². The number of rotatable bonds is 8. The van der Waals surface area contributed by atoms with Crippen molar-refractivity contribution < 1.29 is 19.0 Å². The zero-order valence-corrected chi connectivity index (χ0v) is 19.5. The topological polar surface area (TPSA) is 90.9 Å². The quantitative estimate of drug-likeness (QED) is 0.330. The smallest absolute Gasteiger partial charge is 0.267 e. The summed E-state index contributed by atoms with van der Waals surface area (Å²) in [5, 5.41) is 20.1. The molecule has 1 atom stereocenters. The Labute approximate surface area is 203 Å². The molecule has 0 radical (unpaired) electrons. The first-order valence-corrected chi connectivity index (χ1v) is 11.8. The Balaban J connectivity index is 1.47. The summed E-state index contributed by atoms with van der Waals surface area (Å²) in [7, 11) is 1.56. The number of thioether (sulfide) groups is 1. The van der Waals surface area contributed by atoms with E-state index < -0.39 is 6.10 Å². The number of nitrogens with zero attached hydrogens (tertiary/aromatic N) is 4. The maximum absolute atomic E-state index is 13.4. The fourth-order valence-electron chi connectivity index (χ4n) is 3.70. The molecule has 0 fully saturated rings. The summed E-state index contributed by atoms with van der Waals surface area (Å²) in [5.41, 5.74) is 1.04. The van der Waals surface area contributed by atoms with E-state index in [2.05, 4.69) is 10.2 Å². The molecule has 0 aliphatic carbocycles. The number of fused-ring (bicyclic) bond motifs is 3. The summed E-state index contributed by atoms with van der Waals surface area (Å²) in [6.07, 6.45) is -0.812. The van der Waals surface area contributed by atoms with Gasteiger partial charge in [0.1, 0.15) is 23.9 Å². The average molecular weight is 493 g/mol. The van der Waals surface area contributed by atoms with Gasteiger partial charge in [-0.15, -0.1) is 10.2 Å². The molecule has 0 bridgehead atoms. The predicted molar refractivity (Wildman–Crippen MR) is 131 cm³/mol. The number of hydrogen-bond donors (Lipinski definition) is 1. The summed E-state index contributed by atoms with van der Waals surface area (Å²) in [6.45, 7) is 0.0324. The molecule has 0 aliphatic rings. The van der Waals surface area contributed by atoms with Crippen LogP contribution in [0.2, 0.25) is 0 Å². The van der Waals surface area contributed by atoms with Crippen molar-refractivity contribution in [1.29, 1.82) is 0 Å². The van der Waals surface area contributed by atoms with Crippen molar-refractivity contribution >= 4 is 28.4 Å². The maximum atomic E-state index is 13.4. The molecule has 0 spiro atoms. The highest BCUT2D eigenvalue weighted by molar-refractivity contribution is 7.99. The van der Waals surface area contributed by atoms with Gasteiger partial charge in [0.15, 0.2) is 5.16 Å². The number of methoxy groups -OCH3 is 1. The summed E-state index contributed by atoms with van der Waals surface area (Å²) in [5.74, 6) is 1.35. The minimum atomic E-state index is -0.812. The number of benzene rings is 3. The molecule has 5 rings (SSSR count). The van der Waals surface area contributed by atoms with Crippen molar-refractivity contribution in [2.24, 2.45) is 0 Å². The van der Waals surface area contributed by atoms with Crippen LogP contribution >= 0.6 is 11.8 Å². The van der Waals surface area contributed by atoms with Crippen molar-refractivity contribution in [3.8, 4) is 17.2 Å². The Kier molecular flexibility index (Phi) is 6.39. The highest BCUT2D eigenvalue weighted by atomic mass is 32.2. The first-order chi connectivity index (χ1) is 17.0. The maximum Gasteiger partial charge on any atom is 0.267 e. The summed E-state index contributed by atoms with van der Waals surface area (Å²) in [6, 6.07) is 20.0. The van der Waals surface area contributed by atoms with Crippen LogP contribution in [0.4, 0.5) is 4.39 Å². The summed E-state index contributed by atoms with van der Waals surface area (Å²) in [4.78, 5) is 13.4. The van der Waals surface area contributed by atoms with E-state index in [1.807, 2.05) is 12.1 Å². The van der Waals surface area contributed by atoms with Gasteiger partial charge in [0.25, 0.3) is 5.56 Å². The van der Waals surface area contributed by atoms with Crippen LogP contribution in [-0.4, -0.2) is 49.8 Å². The SMILES string of the molecule is COc1cccc(-n2c(=O)c3ccccc3n3c(SC[C@@H](O)COc4ccc(F)cc4)nnc23)c1. The second-order valence-corrected chi connectivity index (χ2v) is 8.69. The molecule has 1 N–H and O–H groups in total. The third-order valence-electron chi connectivity index (χ3n) is 5.37. The van der Waals surface area contributed by atoms with Crippen LogP contribution in [-0.2, 0) is 0 Å². The van der Waals surface area contributed by atoms with Gasteiger partial charge in [-0.05, 0) is 48.5 Å². The van der Waals surface area contributed by atoms with Crippen molar-refractivity contribution in [3.05, 3.63) is 89.0 Å². The molecule has 3 aromatic carbocycles. The molecular formula is C25H21FN4O4S. The average Bonchev–Trinajstić information content (AvgIpc) is 3.31. The van der Waals surface area contributed by atoms with Crippen molar-refractivity contribution in [1.82, 2.24) is 19.2 Å². The van der Waals surface area contributed by atoms with E-state index in [-0.39, 0.29) is 23.7 Å². The molecule has 0 aliphatic heterocycles. The van der Waals surface area contributed by atoms with Gasteiger partial charge in [0, 0.05) is 11.8 Å². The lowest BCUT2D eigenvalue weighted by molar-refractivity contribution is 0.126. The number of aliphatic hydroxyl groups is 1. The number of para-hydroxylation sites is 1. The molecular weight excluding hydrogens is 471 g/mol. The number of ether oxygens (including phenoxy) is 2. The molecule has 0 unspecified atom stereocenters. The van der Waals surface area contributed by atoms with E-state index in [0.717, 1.165) is 0 Å². The lowest BCUT2D eigenvalue weighted by atomic mass is 10.2. The largest absolute Gasteiger partial charge is 0.497 e. The summed E-state index contributed by atoms with van der Waals surface area (Å²) >= 11 is 1.29. The van der Waals surface area contributed by atoms with Gasteiger partial charge in [-0.25, -0.2) is 8.96 Å². The molecule has 178 valence electrons. The molecule has 10 heteroatoms. The van der Waals surface area contributed by atoms with Gasteiger partial charge in [-0.2, -0.15) is 0 Å². The molecule has 0 saturated carbocycles. The minimum absolute atomic E-state index is 0.0324. The monoisotopic (exact) mass is 492 g/mol. The first-order valence-electron chi connectivity index (χ1n) is 10.8. The van der Waals surface area contributed by atoms with Gasteiger partial charge in [0.2, 0.25) is 5.78 Å². The highest BCUT2D eigenvalue weighted by Crippen LogP contribution is 2.25. The third kappa shape index (κ3) is 4.58. The van der Waals surface area contributed by atoms with E-state index in [9.17, 15) is 14.3 Å². The van der Waals surface area contributed by atoms with Gasteiger partial charge >= 0.3 is 0 Å². The number of halogens is 1. The molecule has 0 amide bonds. The highest BCUT2D eigenvalue weighted by Gasteiger charge is 2.19. The van der Waals surface area contributed by atoms with Crippen molar-refractivity contribution in [2.75, 3.05) is 19.5 Å². The third-order valence-corrected chi connectivity index (χ3v) is 6.44. The summed E-state index contributed by atoms with van der Waals surface area (Å²) < 4.78 is 27.2. The second-order valence-electron chi connectivity index (χ2n) is 7.71. The van der Waals surface area contributed by atoms with Crippen molar-refractivity contribution in [3.63, 3.8) is 0 Å². The molecule has 2 aromatic heterocycles. The van der Waals surface area contributed by atoms with Gasteiger partial charge < -0.3 is 14.6 Å². The molecule has 35 heavy (non-hydrogen) atoms. The predicted octanol–water partition coefficient (Wildman–Crippen LogP) is 3.71. The van der Waals surface area contributed by atoms with E-state index >= 15 is 0 Å².